The molecule has 0 radical (unpaired) electrons. The first-order chi connectivity index (χ1) is 18.1. The molecule has 3 N–H and O–H groups in total. The van der Waals surface area contributed by atoms with Crippen LogP contribution in [-0.2, 0) is 17.8 Å². The van der Waals surface area contributed by atoms with Gasteiger partial charge in [-0.05, 0) is 47.9 Å². The van der Waals surface area contributed by atoms with Crippen molar-refractivity contribution in [2.75, 3.05) is 0 Å². The van der Waals surface area contributed by atoms with Crippen molar-refractivity contribution in [1.29, 1.82) is 0 Å². The lowest BCUT2D eigenvalue weighted by atomic mass is 9.94. The number of nitrogens with one attached hydrogen (secondary N) is 1. The lowest BCUT2D eigenvalue weighted by molar-refractivity contribution is -0.122. The molecule has 2 aromatic carbocycles. The SMILES string of the molecule is CC(C)c1nccn1CC(=O)NC(Cc1cc(F)cc(F)c1)c1ncccc1-c1ccc(F)c(C(N)=O)c1. The van der Waals surface area contributed by atoms with Crippen LogP contribution in [0, 0.1) is 17.5 Å². The Kier molecular flexibility index (Phi) is 7.90. The van der Waals surface area contributed by atoms with Crippen LogP contribution in [0.1, 0.15) is 53.2 Å². The zero-order valence-electron chi connectivity index (χ0n) is 20.8. The highest BCUT2D eigenvalue weighted by Gasteiger charge is 2.23. The molecule has 38 heavy (non-hydrogen) atoms. The molecule has 4 rings (SSSR count). The van der Waals surface area contributed by atoms with Gasteiger partial charge >= 0.3 is 0 Å². The van der Waals surface area contributed by atoms with Gasteiger partial charge in [-0.3, -0.25) is 14.6 Å². The van der Waals surface area contributed by atoms with E-state index in [1.54, 1.807) is 29.1 Å². The van der Waals surface area contributed by atoms with Crippen molar-refractivity contribution in [2.24, 2.45) is 5.73 Å². The zero-order chi connectivity index (χ0) is 27.4. The van der Waals surface area contributed by atoms with Gasteiger partial charge in [-0.25, -0.2) is 18.2 Å². The molecule has 0 aliphatic rings. The number of nitrogens with zero attached hydrogens (tertiary/aromatic N) is 3. The summed E-state index contributed by atoms with van der Waals surface area (Å²) in [7, 11) is 0. The standard InChI is InChI=1S/C28H26F3N5O2/c1-16(2)28-34-8-9-36(28)15-25(37)35-24(12-17-10-19(29)14-20(30)11-17)26-21(4-3-7-33-26)18-5-6-23(31)22(13-18)27(32)38/h3-11,13-14,16,24H,12,15H2,1-2H3,(H2,32,38)(H,35,37). The van der Waals surface area contributed by atoms with Crippen molar-refractivity contribution < 1.29 is 22.8 Å². The Bertz CT molecular complexity index is 1460. The Balaban J connectivity index is 1.74. The van der Waals surface area contributed by atoms with Gasteiger partial charge in [-0.1, -0.05) is 26.0 Å². The van der Waals surface area contributed by atoms with E-state index in [9.17, 15) is 22.8 Å². The molecule has 1 atom stereocenters. The van der Waals surface area contributed by atoms with Gasteiger partial charge in [0, 0.05) is 36.1 Å². The third kappa shape index (κ3) is 6.08. The number of hydrogen-bond acceptors (Lipinski definition) is 4. The molecule has 7 nitrogen and oxygen atoms in total. The highest BCUT2D eigenvalue weighted by atomic mass is 19.1. The largest absolute Gasteiger partial charge is 0.366 e. The Morgan fingerprint density at radius 2 is 1.74 bits per heavy atom. The molecule has 2 amide bonds. The monoisotopic (exact) mass is 521 g/mol. The van der Waals surface area contributed by atoms with Gasteiger partial charge in [0.15, 0.2) is 0 Å². The third-order valence-corrected chi connectivity index (χ3v) is 5.99. The molecule has 0 aliphatic heterocycles. The number of nitrogens with two attached hydrogens (primary N) is 1. The second-order valence-corrected chi connectivity index (χ2v) is 9.17. The number of carbonyl (C=O) groups excluding carboxylic acids is 2. The summed E-state index contributed by atoms with van der Waals surface area (Å²) < 4.78 is 43.8. The Hall–Kier alpha value is -4.47. The summed E-state index contributed by atoms with van der Waals surface area (Å²) in [6.45, 7) is 3.88. The van der Waals surface area contributed by atoms with Gasteiger partial charge in [0.2, 0.25) is 5.91 Å². The minimum absolute atomic E-state index is 0.00920. The van der Waals surface area contributed by atoms with E-state index in [1.807, 2.05) is 13.8 Å². The molecular formula is C28H26F3N5O2. The van der Waals surface area contributed by atoms with Gasteiger partial charge in [-0.15, -0.1) is 0 Å². The smallest absolute Gasteiger partial charge is 0.251 e. The number of halogens is 3. The fourth-order valence-corrected chi connectivity index (χ4v) is 4.35. The van der Waals surface area contributed by atoms with Crippen LogP contribution in [0.5, 0.6) is 0 Å². The summed E-state index contributed by atoms with van der Waals surface area (Å²) in [6, 6.07) is 9.52. The number of aromatic nitrogens is 3. The van der Waals surface area contributed by atoms with Crippen LogP contribution in [0.2, 0.25) is 0 Å². The van der Waals surface area contributed by atoms with Gasteiger partial charge in [0.05, 0.1) is 17.3 Å². The number of primary amides is 1. The van der Waals surface area contributed by atoms with E-state index < -0.39 is 29.4 Å². The van der Waals surface area contributed by atoms with Crippen molar-refractivity contribution in [1.82, 2.24) is 19.9 Å². The minimum atomic E-state index is -0.934. The summed E-state index contributed by atoms with van der Waals surface area (Å²) >= 11 is 0. The molecule has 2 aromatic heterocycles. The number of amides is 2. The van der Waals surface area contributed by atoms with E-state index in [0.29, 0.717) is 22.4 Å². The summed E-state index contributed by atoms with van der Waals surface area (Å²) in [5.41, 5.74) is 6.61. The number of benzene rings is 2. The highest BCUT2D eigenvalue weighted by molar-refractivity contribution is 5.94. The molecule has 0 spiro atoms. The van der Waals surface area contributed by atoms with Gasteiger partial charge in [-0.2, -0.15) is 0 Å². The summed E-state index contributed by atoms with van der Waals surface area (Å²) in [4.78, 5) is 33.7. The van der Waals surface area contributed by atoms with Crippen molar-refractivity contribution in [3.63, 3.8) is 0 Å². The molecule has 0 bridgehead atoms. The first-order valence-corrected chi connectivity index (χ1v) is 11.9. The average Bonchev–Trinajstić information content (AvgIpc) is 3.31. The lowest BCUT2D eigenvalue weighted by Crippen LogP contribution is -2.34. The molecule has 196 valence electrons. The molecule has 0 aliphatic carbocycles. The molecule has 2 heterocycles. The van der Waals surface area contributed by atoms with Crippen LogP contribution in [0.25, 0.3) is 11.1 Å². The number of hydrogen-bond donors (Lipinski definition) is 2. The molecule has 10 heteroatoms. The normalized spacial score (nSPS) is 11.9. The van der Waals surface area contributed by atoms with Crippen LogP contribution in [0.15, 0.2) is 67.1 Å². The average molecular weight is 522 g/mol. The predicted molar refractivity (Wildman–Crippen MR) is 135 cm³/mol. The van der Waals surface area contributed by atoms with Gasteiger partial charge in [0.1, 0.15) is 29.8 Å². The van der Waals surface area contributed by atoms with Crippen LogP contribution in [0.3, 0.4) is 0 Å². The topological polar surface area (TPSA) is 103 Å². The maximum Gasteiger partial charge on any atom is 0.251 e. The molecule has 0 fully saturated rings. The lowest BCUT2D eigenvalue weighted by Gasteiger charge is -2.22. The maximum absolute atomic E-state index is 14.1. The maximum atomic E-state index is 14.1. The Labute approximate surface area is 217 Å². The molecule has 0 saturated heterocycles. The first kappa shape index (κ1) is 26.6. The van der Waals surface area contributed by atoms with Crippen LogP contribution >= 0.6 is 0 Å². The van der Waals surface area contributed by atoms with Crippen molar-refractivity contribution in [3.05, 3.63) is 107 Å². The molecule has 4 aromatic rings. The second-order valence-electron chi connectivity index (χ2n) is 9.17. The van der Waals surface area contributed by atoms with Gasteiger partial charge in [0.25, 0.3) is 5.91 Å². The molecular weight excluding hydrogens is 495 g/mol. The fraction of sp³-hybridized carbons (Fsp3) is 0.214. The Morgan fingerprint density at radius 3 is 2.42 bits per heavy atom. The van der Waals surface area contributed by atoms with E-state index in [1.165, 1.54) is 30.5 Å². The van der Waals surface area contributed by atoms with E-state index in [4.69, 9.17) is 5.73 Å². The van der Waals surface area contributed by atoms with Gasteiger partial charge < -0.3 is 15.6 Å². The highest BCUT2D eigenvalue weighted by Crippen LogP contribution is 2.30. The predicted octanol–water partition coefficient (Wildman–Crippen LogP) is 4.68. The summed E-state index contributed by atoms with van der Waals surface area (Å²) in [6.07, 6.45) is 4.82. The Morgan fingerprint density at radius 1 is 1.00 bits per heavy atom. The number of rotatable bonds is 9. The van der Waals surface area contributed by atoms with Crippen LogP contribution < -0.4 is 11.1 Å². The van der Waals surface area contributed by atoms with Crippen LogP contribution in [-0.4, -0.2) is 26.3 Å². The molecule has 1 unspecified atom stereocenters. The summed E-state index contributed by atoms with van der Waals surface area (Å²) in [5, 5.41) is 2.92. The summed E-state index contributed by atoms with van der Waals surface area (Å²) in [5.74, 6) is -2.77. The molecule has 0 saturated carbocycles. The fourth-order valence-electron chi connectivity index (χ4n) is 4.35. The van der Waals surface area contributed by atoms with Crippen molar-refractivity contribution in [3.8, 4) is 11.1 Å². The zero-order valence-corrected chi connectivity index (χ0v) is 20.8. The van der Waals surface area contributed by atoms with Crippen molar-refractivity contribution >= 4 is 11.8 Å². The van der Waals surface area contributed by atoms with E-state index in [0.717, 1.165) is 18.0 Å². The van der Waals surface area contributed by atoms with E-state index >= 15 is 0 Å². The quantitative estimate of drug-likeness (QED) is 0.334. The second kappa shape index (κ2) is 11.3. The third-order valence-electron chi connectivity index (χ3n) is 5.99. The number of imidazole rings is 1. The minimum Gasteiger partial charge on any atom is -0.366 e. The van der Waals surface area contributed by atoms with E-state index in [-0.39, 0.29) is 30.4 Å². The number of pyridine rings is 1. The van der Waals surface area contributed by atoms with Crippen molar-refractivity contribution in [2.45, 2.75) is 38.8 Å². The first-order valence-electron chi connectivity index (χ1n) is 11.9. The van der Waals surface area contributed by atoms with E-state index in [2.05, 4.69) is 15.3 Å². The van der Waals surface area contributed by atoms with Crippen LogP contribution in [0.4, 0.5) is 13.2 Å². The number of carbonyl (C=O) groups is 2.